The van der Waals surface area contributed by atoms with Crippen molar-refractivity contribution in [2.75, 3.05) is 13.7 Å². The molecule has 0 saturated carbocycles. The summed E-state index contributed by atoms with van der Waals surface area (Å²) in [7, 11) is 1.34. The van der Waals surface area contributed by atoms with Crippen molar-refractivity contribution in [1.29, 1.82) is 0 Å². The normalized spacial score (nSPS) is 21.5. The van der Waals surface area contributed by atoms with Crippen molar-refractivity contribution in [3.8, 4) is 11.3 Å². The minimum atomic E-state index is -0.558. The van der Waals surface area contributed by atoms with Gasteiger partial charge in [-0.05, 0) is 12.1 Å². The van der Waals surface area contributed by atoms with Gasteiger partial charge in [-0.2, -0.15) is 0 Å². The highest BCUT2D eigenvalue weighted by atomic mass is 35.5. The minimum absolute atomic E-state index is 0.321. The number of halogens is 1. The lowest BCUT2D eigenvalue weighted by Gasteiger charge is -2.19. The first kappa shape index (κ1) is 16.0. The van der Waals surface area contributed by atoms with Crippen LogP contribution in [0.1, 0.15) is 12.3 Å². The van der Waals surface area contributed by atoms with Crippen LogP contribution < -0.4 is 0 Å². The van der Waals surface area contributed by atoms with Crippen LogP contribution in [0.15, 0.2) is 34.9 Å². The summed E-state index contributed by atoms with van der Waals surface area (Å²) in [5.74, 6) is 0.669. The highest BCUT2D eigenvalue weighted by Gasteiger charge is 2.37. The van der Waals surface area contributed by atoms with Gasteiger partial charge in [-0.1, -0.05) is 23.7 Å². The summed E-state index contributed by atoms with van der Waals surface area (Å²) >= 11 is 6.15. The van der Waals surface area contributed by atoms with Crippen LogP contribution in [-0.4, -0.2) is 46.8 Å². The van der Waals surface area contributed by atoms with Gasteiger partial charge in [0.1, 0.15) is 6.04 Å². The number of carbonyl (C=O) groups excluding carboxylic acids is 1. The van der Waals surface area contributed by atoms with E-state index >= 15 is 0 Å². The third-order valence-electron chi connectivity index (χ3n) is 3.89. The number of ether oxygens (including phenoxy) is 1. The van der Waals surface area contributed by atoms with Crippen molar-refractivity contribution in [1.82, 2.24) is 9.88 Å². The Balaban J connectivity index is 1.76. The smallest absolute Gasteiger partial charge is 0.323 e. The number of methoxy groups -OCH3 is 1. The Morgan fingerprint density at radius 1 is 1.52 bits per heavy atom. The van der Waals surface area contributed by atoms with Crippen LogP contribution >= 0.6 is 11.6 Å². The highest BCUT2D eigenvalue weighted by Crippen LogP contribution is 2.29. The number of benzene rings is 1. The number of hydrogen-bond acceptors (Lipinski definition) is 6. The zero-order valence-electron chi connectivity index (χ0n) is 12.6. The summed E-state index contributed by atoms with van der Waals surface area (Å²) in [5, 5.41) is 10.4. The second kappa shape index (κ2) is 6.70. The van der Waals surface area contributed by atoms with Gasteiger partial charge in [0.05, 0.1) is 31.0 Å². The Labute approximate surface area is 138 Å². The summed E-state index contributed by atoms with van der Waals surface area (Å²) in [6.07, 6.45) is 1.40. The summed E-state index contributed by atoms with van der Waals surface area (Å²) in [5.41, 5.74) is 0.763. The van der Waals surface area contributed by atoms with E-state index < -0.39 is 12.1 Å². The molecule has 2 atom stereocenters. The van der Waals surface area contributed by atoms with Gasteiger partial charge in [0, 0.05) is 18.5 Å². The maximum Gasteiger partial charge on any atom is 0.323 e. The number of likely N-dealkylation sites (tertiary alicyclic amines) is 1. The maximum atomic E-state index is 11.8. The molecule has 3 rings (SSSR count). The fraction of sp³-hybridized carbons (Fsp3) is 0.375. The molecule has 7 heteroatoms. The molecule has 122 valence electrons. The van der Waals surface area contributed by atoms with Crippen LogP contribution in [-0.2, 0) is 16.1 Å². The molecule has 1 aliphatic rings. The molecule has 6 nitrogen and oxygen atoms in total. The predicted octanol–water partition coefficient (Wildman–Crippen LogP) is 2.10. The SMILES string of the molecule is COC(=O)[C@@H]1C[C@@H](O)CN1Cc1ncc(-c2ccccc2Cl)o1. The zero-order chi connectivity index (χ0) is 16.4. The molecule has 2 aromatic rings. The number of carbonyl (C=O) groups is 1. The number of rotatable bonds is 4. The molecule has 0 amide bonds. The van der Waals surface area contributed by atoms with Crippen LogP contribution in [0, 0.1) is 0 Å². The first-order valence-corrected chi connectivity index (χ1v) is 7.66. The second-order valence-electron chi connectivity index (χ2n) is 5.46. The average molecular weight is 337 g/mol. The number of aromatic nitrogens is 1. The van der Waals surface area contributed by atoms with Crippen LogP contribution in [0.3, 0.4) is 0 Å². The Morgan fingerprint density at radius 3 is 3.04 bits per heavy atom. The van der Waals surface area contributed by atoms with Crippen molar-refractivity contribution >= 4 is 17.6 Å². The number of aliphatic hydroxyl groups is 1. The van der Waals surface area contributed by atoms with E-state index in [-0.39, 0.29) is 5.97 Å². The van der Waals surface area contributed by atoms with E-state index in [2.05, 4.69) is 4.98 Å². The number of hydrogen-bond donors (Lipinski definition) is 1. The van der Waals surface area contributed by atoms with Crippen molar-refractivity contribution in [3.05, 3.63) is 41.4 Å². The number of β-amino-alcohol motifs (C(OH)–C–C–N with tert-alkyl or cyclic N) is 1. The molecule has 0 bridgehead atoms. The number of oxazole rings is 1. The van der Waals surface area contributed by atoms with Crippen LogP contribution in [0.25, 0.3) is 11.3 Å². The number of nitrogens with zero attached hydrogens (tertiary/aromatic N) is 2. The molecule has 0 radical (unpaired) electrons. The average Bonchev–Trinajstić information content (AvgIpc) is 3.14. The van der Waals surface area contributed by atoms with Gasteiger partial charge >= 0.3 is 5.97 Å². The fourth-order valence-corrected chi connectivity index (χ4v) is 3.01. The Kier molecular flexibility index (Phi) is 4.66. The van der Waals surface area contributed by atoms with E-state index in [4.69, 9.17) is 20.8 Å². The molecule has 1 saturated heterocycles. The standard InChI is InChI=1S/C16H17ClN2O4/c1-22-16(21)13-6-10(20)8-19(13)9-15-18-7-14(23-15)11-4-2-3-5-12(11)17/h2-5,7,10,13,20H,6,8-9H2,1H3/t10-,13+/m1/s1. The quantitative estimate of drug-likeness (QED) is 0.862. The maximum absolute atomic E-state index is 11.8. The zero-order valence-corrected chi connectivity index (χ0v) is 13.4. The second-order valence-corrected chi connectivity index (χ2v) is 5.86. The lowest BCUT2D eigenvalue weighted by Crippen LogP contribution is -2.36. The molecule has 23 heavy (non-hydrogen) atoms. The molecule has 1 aliphatic heterocycles. The molecule has 0 unspecified atom stereocenters. The van der Waals surface area contributed by atoms with Gasteiger partial charge in [0.25, 0.3) is 0 Å². The van der Waals surface area contributed by atoms with E-state index in [1.54, 1.807) is 17.2 Å². The molecule has 0 spiro atoms. The first-order valence-electron chi connectivity index (χ1n) is 7.28. The molecule has 1 N–H and O–H groups in total. The minimum Gasteiger partial charge on any atom is -0.468 e. The van der Waals surface area contributed by atoms with E-state index in [1.807, 2.05) is 18.2 Å². The summed E-state index contributed by atoms with van der Waals surface area (Å²) in [6, 6.07) is 6.86. The third-order valence-corrected chi connectivity index (χ3v) is 4.22. The molecular formula is C16H17ClN2O4. The lowest BCUT2D eigenvalue weighted by atomic mass is 10.2. The molecular weight excluding hydrogens is 320 g/mol. The van der Waals surface area contributed by atoms with Gasteiger partial charge in [-0.3, -0.25) is 9.69 Å². The Hall–Kier alpha value is -1.89. The predicted molar refractivity (Wildman–Crippen MR) is 83.8 cm³/mol. The molecule has 0 aliphatic carbocycles. The Morgan fingerprint density at radius 2 is 2.30 bits per heavy atom. The van der Waals surface area contributed by atoms with Gasteiger partial charge in [-0.25, -0.2) is 4.98 Å². The first-order chi connectivity index (χ1) is 11.1. The van der Waals surface area contributed by atoms with Crippen molar-refractivity contribution < 1.29 is 19.1 Å². The van der Waals surface area contributed by atoms with Gasteiger partial charge in [0.2, 0.25) is 5.89 Å². The van der Waals surface area contributed by atoms with Crippen molar-refractivity contribution in [2.24, 2.45) is 0 Å². The number of esters is 1. The van der Waals surface area contributed by atoms with Gasteiger partial charge in [-0.15, -0.1) is 0 Å². The van der Waals surface area contributed by atoms with Crippen LogP contribution in [0.2, 0.25) is 5.02 Å². The Bertz CT molecular complexity index is 703. The molecule has 1 fully saturated rings. The summed E-state index contributed by atoms with van der Waals surface area (Å²) in [6.45, 7) is 0.699. The summed E-state index contributed by atoms with van der Waals surface area (Å²) in [4.78, 5) is 17.8. The number of aliphatic hydroxyl groups excluding tert-OH is 1. The van der Waals surface area contributed by atoms with Gasteiger partial charge in [0.15, 0.2) is 5.76 Å². The fourth-order valence-electron chi connectivity index (χ4n) is 2.78. The monoisotopic (exact) mass is 336 g/mol. The lowest BCUT2D eigenvalue weighted by molar-refractivity contribution is -0.146. The van der Waals surface area contributed by atoms with Crippen molar-refractivity contribution in [3.63, 3.8) is 0 Å². The topological polar surface area (TPSA) is 75.8 Å². The third kappa shape index (κ3) is 3.39. The molecule has 2 heterocycles. The van der Waals surface area contributed by atoms with E-state index in [9.17, 15) is 9.90 Å². The molecule has 1 aromatic heterocycles. The van der Waals surface area contributed by atoms with Crippen molar-refractivity contribution in [2.45, 2.75) is 25.1 Å². The summed E-state index contributed by atoms with van der Waals surface area (Å²) < 4.78 is 10.5. The highest BCUT2D eigenvalue weighted by molar-refractivity contribution is 6.33. The van der Waals surface area contributed by atoms with E-state index in [0.717, 1.165) is 5.56 Å². The van der Waals surface area contributed by atoms with Crippen LogP contribution in [0.4, 0.5) is 0 Å². The molecule has 1 aromatic carbocycles. The largest absolute Gasteiger partial charge is 0.468 e. The van der Waals surface area contributed by atoms with Crippen LogP contribution in [0.5, 0.6) is 0 Å². The van der Waals surface area contributed by atoms with Gasteiger partial charge < -0.3 is 14.3 Å². The van der Waals surface area contributed by atoms with E-state index in [0.29, 0.717) is 36.2 Å². The van der Waals surface area contributed by atoms with E-state index in [1.165, 1.54) is 7.11 Å².